The highest BCUT2D eigenvalue weighted by Gasteiger charge is 2.04. The summed E-state index contributed by atoms with van der Waals surface area (Å²) in [5.74, 6) is 0. The van der Waals surface area contributed by atoms with Crippen molar-refractivity contribution >= 4 is 23.2 Å². The Kier molecular flexibility index (Phi) is 3.45. The predicted octanol–water partition coefficient (Wildman–Crippen LogP) is 4.73. The van der Waals surface area contributed by atoms with Crippen LogP contribution in [0, 0.1) is 0 Å². The van der Waals surface area contributed by atoms with E-state index in [0.29, 0.717) is 0 Å². The van der Waals surface area contributed by atoms with Gasteiger partial charge in [0.15, 0.2) is 0 Å². The maximum Gasteiger partial charge on any atom is 0.0740 e. The van der Waals surface area contributed by atoms with Crippen molar-refractivity contribution in [1.82, 2.24) is 14.8 Å². The van der Waals surface area contributed by atoms with Gasteiger partial charge in [0.2, 0.25) is 0 Å². The molecule has 0 radical (unpaired) electrons. The summed E-state index contributed by atoms with van der Waals surface area (Å²) in [6, 6.07) is 20.6. The van der Waals surface area contributed by atoms with Crippen LogP contribution in [-0.4, -0.2) is 14.8 Å². The zero-order chi connectivity index (χ0) is 15.5. The van der Waals surface area contributed by atoms with Crippen LogP contribution < -0.4 is 0 Å². The Bertz CT molecular complexity index is 954. The Morgan fingerprint density at radius 1 is 0.826 bits per heavy atom. The molecular formula is C20H15N3. The number of nitrogens with zero attached hydrogens (tertiary/aromatic N) is 3. The Labute approximate surface area is 134 Å². The number of rotatable bonds is 3. The summed E-state index contributed by atoms with van der Waals surface area (Å²) in [5.41, 5.74) is 4.48. The molecule has 0 N–H and O–H groups in total. The molecule has 0 atom stereocenters. The standard InChI is InChI=1S/C20H15N3/c1-2-5-16(6-3-1)10-12-23-20-13-17(8-9-19(20)15-22-23)18-7-4-11-21-14-18/h1-15H. The first-order chi connectivity index (χ1) is 11.4. The van der Waals surface area contributed by atoms with E-state index in [0.717, 1.165) is 27.6 Å². The molecule has 0 aliphatic heterocycles. The van der Waals surface area contributed by atoms with Gasteiger partial charge in [-0.1, -0.05) is 48.5 Å². The van der Waals surface area contributed by atoms with Gasteiger partial charge < -0.3 is 0 Å². The summed E-state index contributed by atoms with van der Waals surface area (Å²) >= 11 is 0. The van der Waals surface area contributed by atoms with Gasteiger partial charge in [0.05, 0.1) is 11.7 Å². The largest absolute Gasteiger partial charge is 0.264 e. The molecular weight excluding hydrogens is 282 g/mol. The first-order valence-electron chi connectivity index (χ1n) is 7.51. The average molecular weight is 297 g/mol. The SMILES string of the molecule is C(=Cn1ncc2ccc(-c3cccnc3)cc21)c1ccccc1. The van der Waals surface area contributed by atoms with E-state index in [1.54, 1.807) is 6.20 Å². The molecule has 3 nitrogen and oxygen atoms in total. The van der Waals surface area contributed by atoms with Crippen molar-refractivity contribution in [3.05, 3.63) is 84.8 Å². The molecule has 2 aromatic heterocycles. The summed E-state index contributed by atoms with van der Waals surface area (Å²) in [6.45, 7) is 0. The van der Waals surface area contributed by atoms with Gasteiger partial charge in [0.1, 0.15) is 0 Å². The van der Waals surface area contributed by atoms with Gasteiger partial charge in [-0.05, 0) is 29.3 Å². The second-order valence-corrected chi connectivity index (χ2v) is 5.33. The molecule has 4 aromatic rings. The molecule has 0 aliphatic rings. The smallest absolute Gasteiger partial charge is 0.0740 e. The minimum atomic E-state index is 1.08. The fourth-order valence-corrected chi connectivity index (χ4v) is 2.59. The predicted molar refractivity (Wildman–Crippen MR) is 94.6 cm³/mol. The lowest BCUT2D eigenvalue weighted by Crippen LogP contribution is -1.88. The van der Waals surface area contributed by atoms with Crippen LogP contribution in [0.2, 0.25) is 0 Å². The average Bonchev–Trinajstić information content (AvgIpc) is 3.04. The van der Waals surface area contributed by atoms with E-state index >= 15 is 0 Å². The number of pyridine rings is 1. The first kappa shape index (κ1) is 13.5. The highest BCUT2D eigenvalue weighted by molar-refractivity contribution is 5.86. The highest BCUT2D eigenvalue weighted by atomic mass is 15.3. The summed E-state index contributed by atoms with van der Waals surface area (Å²) < 4.78 is 1.90. The van der Waals surface area contributed by atoms with Crippen LogP contribution in [0.5, 0.6) is 0 Å². The normalized spacial score (nSPS) is 11.3. The van der Waals surface area contributed by atoms with Gasteiger partial charge in [-0.25, -0.2) is 4.68 Å². The number of benzene rings is 2. The van der Waals surface area contributed by atoms with E-state index in [1.807, 2.05) is 47.5 Å². The summed E-state index contributed by atoms with van der Waals surface area (Å²) in [6.07, 6.45) is 9.60. The summed E-state index contributed by atoms with van der Waals surface area (Å²) in [7, 11) is 0. The van der Waals surface area contributed by atoms with E-state index in [4.69, 9.17) is 0 Å². The van der Waals surface area contributed by atoms with E-state index in [1.165, 1.54) is 0 Å². The lowest BCUT2D eigenvalue weighted by atomic mass is 10.1. The van der Waals surface area contributed by atoms with Crippen molar-refractivity contribution in [1.29, 1.82) is 0 Å². The number of aromatic nitrogens is 3. The second-order valence-electron chi connectivity index (χ2n) is 5.33. The second kappa shape index (κ2) is 5.89. The minimum absolute atomic E-state index is 1.08. The molecule has 0 amide bonds. The molecule has 0 bridgehead atoms. The van der Waals surface area contributed by atoms with E-state index in [-0.39, 0.29) is 0 Å². The van der Waals surface area contributed by atoms with Crippen molar-refractivity contribution in [3.8, 4) is 11.1 Å². The molecule has 2 heterocycles. The topological polar surface area (TPSA) is 30.7 Å². The zero-order valence-corrected chi connectivity index (χ0v) is 12.5. The molecule has 0 unspecified atom stereocenters. The third-order valence-electron chi connectivity index (χ3n) is 3.80. The van der Waals surface area contributed by atoms with Crippen LogP contribution in [0.1, 0.15) is 5.56 Å². The Morgan fingerprint density at radius 2 is 1.74 bits per heavy atom. The molecule has 0 saturated heterocycles. The Morgan fingerprint density at radius 3 is 2.57 bits per heavy atom. The maximum atomic E-state index is 4.46. The van der Waals surface area contributed by atoms with Gasteiger partial charge in [-0.2, -0.15) is 5.10 Å². The molecule has 0 aliphatic carbocycles. The van der Waals surface area contributed by atoms with Crippen LogP contribution in [0.4, 0.5) is 0 Å². The monoisotopic (exact) mass is 297 g/mol. The van der Waals surface area contributed by atoms with Crippen LogP contribution in [-0.2, 0) is 0 Å². The zero-order valence-electron chi connectivity index (χ0n) is 12.5. The molecule has 4 rings (SSSR count). The third kappa shape index (κ3) is 2.77. The van der Waals surface area contributed by atoms with Gasteiger partial charge >= 0.3 is 0 Å². The quantitative estimate of drug-likeness (QED) is 0.547. The molecule has 2 aromatic carbocycles. The van der Waals surface area contributed by atoms with E-state index in [9.17, 15) is 0 Å². The summed E-state index contributed by atoms with van der Waals surface area (Å²) in [4.78, 5) is 4.19. The van der Waals surface area contributed by atoms with E-state index in [2.05, 4.69) is 52.6 Å². The molecule has 3 heteroatoms. The Hall–Kier alpha value is -3.20. The third-order valence-corrected chi connectivity index (χ3v) is 3.80. The molecule has 0 saturated carbocycles. The van der Waals surface area contributed by atoms with Crippen molar-refractivity contribution < 1.29 is 0 Å². The number of hydrogen-bond acceptors (Lipinski definition) is 2. The van der Waals surface area contributed by atoms with E-state index < -0.39 is 0 Å². The van der Waals surface area contributed by atoms with Gasteiger partial charge in [-0.3, -0.25) is 4.98 Å². The fraction of sp³-hybridized carbons (Fsp3) is 0. The molecule has 0 fully saturated rings. The minimum Gasteiger partial charge on any atom is -0.264 e. The van der Waals surface area contributed by atoms with Crippen LogP contribution in [0.15, 0.2) is 79.3 Å². The number of hydrogen-bond donors (Lipinski definition) is 0. The van der Waals surface area contributed by atoms with Crippen LogP contribution in [0.3, 0.4) is 0 Å². The summed E-state index contributed by atoms with van der Waals surface area (Å²) in [5, 5.41) is 5.58. The van der Waals surface area contributed by atoms with Crippen LogP contribution >= 0.6 is 0 Å². The molecule has 23 heavy (non-hydrogen) atoms. The van der Waals surface area contributed by atoms with Crippen LogP contribution in [0.25, 0.3) is 34.3 Å². The van der Waals surface area contributed by atoms with Crippen molar-refractivity contribution in [3.63, 3.8) is 0 Å². The molecule has 0 spiro atoms. The van der Waals surface area contributed by atoms with Gasteiger partial charge in [-0.15, -0.1) is 0 Å². The van der Waals surface area contributed by atoms with Crippen molar-refractivity contribution in [2.24, 2.45) is 0 Å². The first-order valence-corrected chi connectivity index (χ1v) is 7.51. The molecule has 110 valence electrons. The maximum absolute atomic E-state index is 4.46. The lowest BCUT2D eigenvalue weighted by molar-refractivity contribution is 0.969. The fourth-order valence-electron chi connectivity index (χ4n) is 2.59. The van der Waals surface area contributed by atoms with Crippen molar-refractivity contribution in [2.45, 2.75) is 0 Å². The highest BCUT2D eigenvalue weighted by Crippen LogP contribution is 2.24. The number of fused-ring (bicyclic) bond motifs is 1. The Balaban J connectivity index is 1.75. The van der Waals surface area contributed by atoms with Crippen molar-refractivity contribution in [2.75, 3.05) is 0 Å². The van der Waals surface area contributed by atoms with Gasteiger partial charge in [0.25, 0.3) is 0 Å². The van der Waals surface area contributed by atoms with Gasteiger partial charge in [0, 0.05) is 29.5 Å². The lowest BCUT2D eigenvalue weighted by Gasteiger charge is -2.02.